The number of likely N-dealkylation sites (N-methyl/N-ethyl adjacent to an activating group) is 1. The number of likely N-dealkylation sites (tertiary alicyclic amines) is 1. The second-order valence-electron chi connectivity index (χ2n) is 4.81. The van der Waals surface area contributed by atoms with Crippen molar-refractivity contribution >= 4 is 11.8 Å². The first-order chi connectivity index (χ1) is 9.58. The molecule has 1 aromatic heterocycles. The Labute approximate surface area is 117 Å². The number of aromatic nitrogens is 3. The summed E-state index contributed by atoms with van der Waals surface area (Å²) in [5.41, 5.74) is 5.92. The monoisotopic (exact) mass is 280 g/mol. The van der Waals surface area contributed by atoms with Crippen molar-refractivity contribution < 1.29 is 9.59 Å². The normalized spacial score (nSPS) is 22.1. The largest absolute Gasteiger partial charge is 0.341 e. The summed E-state index contributed by atoms with van der Waals surface area (Å²) in [6.45, 7) is 5.42. The van der Waals surface area contributed by atoms with Crippen LogP contribution in [0.4, 0.5) is 0 Å². The summed E-state index contributed by atoms with van der Waals surface area (Å²) in [6, 6.07) is -0.700. The Kier molecular flexibility index (Phi) is 4.33. The Hall–Kier alpha value is -1.96. The van der Waals surface area contributed by atoms with Gasteiger partial charge in [0.05, 0.1) is 0 Å². The fourth-order valence-corrected chi connectivity index (χ4v) is 2.52. The van der Waals surface area contributed by atoms with E-state index in [1.807, 2.05) is 13.8 Å². The number of nitrogens with zero attached hydrogens (tertiary/aromatic N) is 4. The maximum atomic E-state index is 12.5. The van der Waals surface area contributed by atoms with Gasteiger partial charge in [0.25, 0.3) is 5.91 Å². The summed E-state index contributed by atoms with van der Waals surface area (Å²) in [4.78, 5) is 31.8. The second-order valence-corrected chi connectivity index (χ2v) is 4.81. The fraction of sp³-hybridized carbons (Fsp3) is 0.667. The highest BCUT2D eigenvalue weighted by molar-refractivity contribution is 5.95. The van der Waals surface area contributed by atoms with E-state index in [9.17, 15) is 9.59 Å². The van der Waals surface area contributed by atoms with E-state index < -0.39 is 6.04 Å². The number of carbonyl (C=O) groups excluding carboxylic acids is 2. The second kappa shape index (κ2) is 6.00. The molecule has 1 aromatic rings. The maximum absolute atomic E-state index is 12.5. The van der Waals surface area contributed by atoms with Crippen LogP contribution in [0.3, 0.4) is 0 Å². The third-order valence-corrected chi connectivity index (χ3v) is 3.57. The Morgan fingerprint density at radius 3 is 2.75 bits per heavy atom. The van der Waals surface area contributed by atoms with Crippen LogP contribution in [0, 0.1) is 0 Å². The molecule has 2 atom stereocenters. The zero-order valence-corrected chi connectivity index (χ0v) is 11.7. The molecule has 1 aliphatic rings. The van der Waals surface area contributed by atoms with E-state index in [1.54, 1.807) is 4.90 Å². The highest BCUT2D eigenvalue weighted by Crippen LogP contribution is 2.20. The van der Waals surface area contributed by atoms with Crippen molar-refractivity contribution in [2.24, 2.45) is 5.73 Å². The molecule has 0 bridgehead atoms. The van der Waals surface area contributed by atoms with Crippen LogP contribution in [0.25, 0.3) is 0 Å². The van der Waals surface area contributed by atoms with Gasteiger partial charge in [0, 0.05) is 25.7 Å². The van der Waals surface area contributed by atoms with Crippen molar-refractivity contribution in [2.75, 3.05) is 19.6 Å². The number of aromatic amines is 1. The van der Waals surface area contributed by atoms with E-state index in [4.69, 9.17) is 5.73 Å². The molecule has 20 heavy (non-hydrogen) atoms. The number of nitrogens with one attached hydrogen (secondary N) is 1. The minimum absolute atomic E-state index is 0.0594. The molecule has 0 unspecified atom stereocenters. The van der Waals surface area contributed by atoms with Crippen LogP contribution >= 0.6 is 0 Å². The predicted molar refractivity (Wildman–Crippen MR) is 71.7 cm³/mol. The van der Waals surface area contributed by atoms with Crippen LogP contribution in [-0.4, -0.2) is 68.5 Å². The van der Waals surface area contributed by atoms with E-state index in [0.717, 1.165) is 0 Å². The van der Waals surface area contributed by atoms with Gasteiger partial charge in [-0.3, -0.25) is 14.7 Å². The standard InChI is InChI=1S/C12H20N6O2/c1-3-17(4-2)11(19)9-5-8(13)6-18(9)12(20)10-14-7-15-16-10/h7-9H,3-6,13H2,1-2H3,(H,14,15,16)/t8-,9+/m1/s1. The lowest BCUT2D eigenvalue weighted by molar-refractivity contribution is -0.134. The fourth-order valence-electron chi connectivity index (χ4n) is 2.52. The zero-order chi connectivity index (χ0) is 14.7. The van der Waals surface area contributed by atoms with Crippen molar-refractivity contribution in [3.8, 4) is 0 Å². The minimum atomic E-state index is -0.512. The van der Waals surface area contributed by atoms with Gasteiger partial charge in [0.1, 0.15) is 12.4 Å². The first-order valence-corrected chi connectivity index (χ1v) is 6.79. The molecule has 2 amide bonds. The summed E-state index contributed by atoms with van der Waals surface area (Å²) in [6.07, 6.45) is 1.75. The number of amides is 2. The van der Waals surface area contributed by atoms with Gasteiger partial charge in [0.15, 0.2) is 0 Å². The molecule has 0 spiro atoms. The first kappa shape index (κ1) is 14.4. The lowest BCUT2D eigenvalue weighted by atomic mass is 10.1. The van der Waals surface area contributed by atoms with E-state index in [-0.39, 0.29) is 23.7 Å². The van der Waals surface area contributed by atoms with Crippen LogP contribution < -0.4 is 5.73 Å². The third kappa shape index (κ3) is 2.64. The topological polar surface area (TPSA) is 108 Å². The molecular formula is C12H20N6O2. The number of hydrogen-bond donors (Lipinski definition) is 2. The van der Waals surface area contributed by atoms with Gasteiger partial charge in [-0.2, -0.15) is 5.10 Å². The quantitative estimate of drug-likeness (QED) is 0.751. The van der Waals surface area contributed by atoms with Crippen molar-refractivity contribution in [1.29, 1.82) is 0 Å². The molecule has 0 aliphatic carbocycles. The zero-order valence-electron chi connectivity index (χ0n) is 11.7. The van der Waals surface area contributed by atoms with E-state index in [1.165, 1.54) is 11.2 Å². The van der Waals surface area contributed by atoms with E-state index >= 15 is 0 Å². The highest BCUT2D eigenvalue weighted by atomic mass is 16.2. The van der Waals surface area contributed by atoms with Gasteiger partial charge in [-0.1, -0.05) is 0 Å². The molecule has 1 saturated heterocycles. The SMILES string of the molecule is CCN(CC)C(=O)[C@@H]1C[C@@H](N)CN1C(=O)c1ncn[nH]1. The van der Waals surface area contributed by atoms with Crippen molar-refractivity contribution in [3.05, 3.63) is 12.2 Å². The summed E-state index contributed by atoms with van der Waals surface area (Å²) in [7, 11) is 0. The van der Waals surface area contributed by atoms with Gasteiger partial charge >= 0.3 is 0 Å². The first-order valence-electron chi connectivity index (χ1n) is 6.79. The molecule has 8 nitrogen and oxygen atoms in total. The van der Waals surface area contributed by atoms with Crippen LogP contribution in [0.15, 0.2) is 6.33 Å². The third-order valence-electron chi connectivity index (χ3n) is 3.57. The van der Waals surface area contributed by atoms with Crippen LogP contribution in [-0.2, 0) is 4.79 Å². The van der Waals surface area contributed by atoms with Crippen molar-refractivity contribution in [3.63, 3.8) is 0 Å². The molecule has 110 valence electrons. The van der Waals surface area contributed by atoms with Gasteiger partial charge in [-0.05, 0) is 20.3 Å². The Bertz CT molecular complexity index is 470. The molecule has 0 aromatic carbocycles. The lowest BCUT2D eigenvalue weighted by Gasteiger charge is -2.28. The summed E-state index contributed by atoms with van der Waals surface area (Å²) >= 11 is 0. The molecule has 3 N–H and O–H groups in total. The van der Waals surface area contributed by atoms with Gasteiger partial charge in [0.2, 0.25) is 11.7 Å². The molecule has 0 radical (unpaired) electrons. The highest BCUT2D eigenvalue weighted by Gasteiger charge is 2.40. The van der Waals surface area contributed by atoms with Gasteiger partial charge in [-0.25, -0.2) is 4.98 Å². The van der Waals surface area contributed by atoms with Gasteiger partial charge < -0.3 is 15.5 Å². The number of carbonyl (C=O) groups is 2. The number of rotatable bonds is 4. The van der Waals surface area contributed by atoms with E-state index in [2.05, 4.69) is 15.2 Å². The van der Waals surface area contributed by atoms with Crippen LogP contribution in [0.2, 0.25) is 0 Å². The molecule has 2 rings (SSSR count). The average molecular weight is 280 g/mol. The molecule has 0 saturated carbocycles. The molecular weight excluding hydrogens is 260 g/mol. The number of nitrogens with two attached hydrogens (primary N) is 1. The Balaban J connectivity index is 2.18. The molecule has 2 heterocycles. The predicted octanol–water partition coefficient (Wildman–Crippen LogP) is -0.785. The Morgan fingerprint density at radius 1 is 1.50 bits per heavy atom. The van der Waals surface area contributed by atoms with Gasteiger partial charge in [-0.15, -0.1) is 0 Å². The maximum Gasteiger partial charge on any atom is 0.291 e. The smallest absolute Gasteiger partial charge is 0.291 e. The average Bonchev–Trinajstić information content (AvgIpc) is 3.08. The Morgan fingerprint density at radius 2 is 2.20 bits per heavy atom. The van der Waals surface area contributed by atoms with Crippen molar-refractivity contribution in [1.82, 2.24) is 25.0 Å². The number of H-pyrrole nitrogens is 1. The summed E-state index contributed by atoms with van der Waals surface area (Å²) in [5.74, 6) is -0.256. The molecule has 1 aliphatic heterocycles. The lowest BCUT2D eigenvalue weighted by Crippen LogP contribution is -2.48. The van der Waals surface area contributed by atoms with Crippen molar-refractivity contribution in [2.45, 2.75) is 32.4 Å². The molecule has 1 fully saturated rings. The van der Waals surface area contributed by atoms with Crippen LogP contribution in [0.5, 0.6) is 0 Å². The van der Waals surface area contributed by atoms with Crippen LogP contribution in [0.1, 0.15) is 30.9 Å². The van der Waals surface area contributed by atoms with E-state index in [0.29, 0.717) is 26.1 Å². The summed E-state index contributed by atoms with van der Waals surface area (Å²) in [5, 5.41) is 6.19. The minimum Gasteiger partial charge on any atom is -0.341 e. The number of hydrogen-bond acceptors (Lipinski definition) is 5. The molecule has 8 heteroatoms. The summed E-state index contributed by atoms with van der Waals surface area (Å²) < 4.78 is 0.